The maximum Gasteiger partial charge on any atom is 0.295 e. The van der Waals surface area contributed by atoms with Crippen LogP contribution in [0.1, 0.15) is 51.4 Å². The molecule has 3 rings (SSSR count). The van der Waals surface area contributed by atoms with E-state index in [4.69, 9.17) is 4.74 Å². The predicted octanol–water partition coefficient (Wildman–Crippen LogP) is 2.86. The molecule has 0 spiro atoms. The molecule has 2 aliphatic carbocycles. The Kier molecular flexibility index (Phi) is 3.27. The molecular formula is C12H20N2OS. The number of nitrogens with zero attached hydrogens (tertiary/aromatic N) is 1. The highest BCUT2D eigenvalue weighted by Gasteiger charge is 2.33. The van der Waals surface area contributed by atoms with Gasteiger partial charge in [-0.15, -0.1) is 0 Å². The van der Waals surface area contributed by atoms with Crippen LogP contribution in [0.2, 0.25) is 0 Å². The maximum absolute atomic E-state index is 5.97. The maximum atomic E-state index is 5.97. The first-order chi connectivity index (χ1) is 7.92. The third-order valence-corrected chi connectivity index (χ3v) is 4.96. The molecule has 0 radical (unpaired) electrons. The molecule has 3 aliphatic rings. The van der Waals surface area contributed by atoms with Crippen LogP contribution in [0, 0.1) is 0 Å². The summed E-state index contributed by atoms with van der Waals surface area (Å²) in [6.45, 7) is 0. The van der Waals surface area contributed by atoms with Gasteiger partial charge in [-0.05, 0) is 44.1 Å². The minimum atomic E-state index is 0.417. The molecule has 2 atom stereocenters. The Morgan fingerprint density at radius 3 is 2.69 bits per heavy atom. The van der Waals surface area contributed by atoms with Gasteiger partial charge in [0.25, 0.3) is 6.02 Å². The van der Waals surface area contributed by atoms with Gasteiger partial charge in [0.2, 0.25) is 0 Å². The fourth-order valence-corrected chi connectivity index (χ4v) is 3.86. The van der Waals surface area contributed by atoms with Crippen molar-refractivity contribution >= 4 is 18.0 Å². The molecule has 1 heterocycles. The van der Waals surface area contributed by atoms with Crippen molar-refractivity contribution in [1.82, 2.24) is 4.72 Å². The number of hydrogen-bond acceptors (Lipinski definition) is 3. The Bertz CT molecular complexity index is 276. The van der Waals surface area contributed by atoms with Gasteiger partial charge in [0, 0.05) is 0 Å². The van der Waals surface area contributed by atoms with E-state index in [0.29, 0.717) is 17.4 Å². The summed E-state index contributed by atoms with van der Waals surface area (Å²) in [6, 6.07) is 1.32. The highest BCUT2D eigenvalue weighted by molar-refractivity contribution is 7.98. The van der Waals surface area contributed by atoms with Crippen LogP contribution in [0.4, 0.5) is 0 Å². The van der Waals surface area contributed by atoms with Gasteiger partial charge in [-0.3, -0.25) is 4.72 Å². The molecule has 1 saturated heterocycles. The predicted molar refractivity (Wildman–Crippen MR) is 67.5 cm³/mol. The van der Waals surface area contributed by atoms with E-state index in [1.54, 1.807) is 0 Å². The van der Waals surface area contributed by atoms with E-state index in [1.165, 1.54) is 51.4 Å². The average Bonchev–Trinajstić information content (AvgIpc) is 2.82. The lowest BCUT2D eigenvalue weighted by Gasteiger charge is -2.36. The Morgan fingerprint density at radius 2 is 1.81 bits per heavy atom. The van der Waals surface area contributed by atoms with Crippen LogP contribution in [0.25, 0.3) is 0 Å². The molecule has 0 bridgehead atoms. The summed E-state index contributed by atoms with van der Waals surface area (Å²) in [7, 11) is 0. The molecule has 3 fully saturated rings. The number of fused-ring (bicyclic) bond motifs is 1. The number of ether oxygens (including phenoxy) is 1. The molecule has 0 aromatic rings. The second kappa shape index (κ2) is 4.86. The molecule has 90 valence electrons. The SMILES string of the molecule is C1CCC(N=C2NSC3CCCCC3O2)C1. The summed E-state index contributed by atoms with van der Waals surface area (Å²) in [4.78, 5) is 4.69. The molecule has 16 heavy (non-hydrogen) atoms. The first kappa shape index (κ1) is 10.8. The van der Waals surface area contributed by atoms with Gasteiger partial charge in [-0.1, -0.05) is 19.3 Å². The second-order valence-electron chi connectivity index (χ2n) is 5.07. The number of hydrogen-bond donors (Lipinski definition) is 1. The zero-order valence-electron chi connectivity index (χ0n) is 9.65. The van der Waals surface area contributed by atoms with Gasteiger partial charge >= 0.3 is 0 Å². The first-order valence-corrected chi connectivity index (χ1v) is 7.46. The van der Waals surface area contributed by atoms with Crippen molar-refractivity contribution in [3.05, 3.63) is 0 Å². The monoisotopic (exact) mass is 240 g/mol. The van der Waals surface area contributed by atoms with Gasteiger partial charge in [0.15, 0.2) is 0 Å². The van der Waals surface area contributed by atoms with Crippen molar-refractivity contribution in [1.29, 1.82) is 0 Å². The van der Waals surface area contributed by atoms with Crippen molar-refractivity contribution in [2.24, 2.45) is 4.99 Å². The van der Waals surface area contributed by atoms with Crippen LogP contribution >= 0.6 is 11.9 Å². The van der Waals surface area contributed by atoms with E-state index < -0.39 is 0 Å². The van der Waals surface area contributed by atoms with Crippen molar-refractivity contribution in [3.8, 4) is 0 Å². The topological polar surface area (TPSA) is 33.6 Å². The fraction of sp³-hybridized carbons (Fsp3) is 0.917. The van der Waals surface area contributed by atoms with Crippen molar-refractivity contribution < 1.29 is 4.74 Å². The van der Waals surface area contributed by atoms with Crippen LogP contribution in [0.5, 0.6) is 0 Å². The summed E-state index contributed by atoms with van der Waals surface area (Å²) in [5.74, 6) is 0. The number of nitrogens with one attached hydrogen (secondary N) is 1. The Hall–Kier alpha value is -0.380. The van der Waals surface area contributed by atoms with E-state index in [2.05, 4.69) is 9.71 Å². The standard InChI is InChI=1S/C12H20N2OS/c1-2-6-9(5-1)13-12-14-16-11-8-4-3-7-10(11)15-12/h9-11H,1-8H2,(H,13,14). The molecular weight excluding hydrogens is 220 g/mol. The molecule has 1 N–H and O–H groups in total. The highest BCUT2D eigenvalue weighted by atomic mass is 32.2. The Balaban J connectivity index is 1.61. The largest absolute Gasteiger partial charge is 0.460 e. The van der Waals surface area contributed by atoms with Crippen molar-refractivity contribution in [3.63, 3.8) is 0 Å². The summed E-state index contributed by atoms with van der Waals surface area (Å²) < 4.78 is 9.26. The van der Waals surface area contributed by atoms with E-state index >= 15 is 0 Å². The number of aliphatic imine (C=N–C) groups is 1. The average molecular weight is 240 g/mol. The summed E-state index contributed by atoms with van der Waals surface area (Å²) in [5, 5.41) is 0.649. The zero-order valence-corrected chi connectivity index (χ0v) is 10.5. The quantitative estimate of drug-likeness (QED) is 0.716. The van der Waals surface area contributed by atoms with Crippen LogP contribution in [-0.2, 0) is 4.74 Å². The lowest BCUT2D eigenvalue weighted by Crippen LogP contribution is -2.43. The van der Waals surface area contributed by atoms with Gasteiger partial charge < -0.3 is 4.74 Å². The highest BCUT2D eigenvalue weighted by Crippen LogP contribution is 2.32. The molecule has 0 aromatic heterocycles. The van der Waals surface area contributed by atoms with Crippen LogP contribution < -0.4 is 4.72 Å². The van der Waals surface area contributed by atoms with E-state index in [0.717, 1.165) is 6.02 Å². The van der Waals surface area contributed by atoms with Crippen LogP contribution in [0.3, 0.4) is 0 Å². The number of amidine groups is 1. The molecule has 3 nitrogen and oxygen atoms in total. The Labute approximate surface area is 102 Å². The lowest BCUT2D eigenvalue weighted by atomic mass is 9.97. The van der Waals surface area contributed by atoms with Gasteiger partial charge in [-0.2, -0.15) is 0 Å². The van der Waals surface area contributed by atoms with Crippen LogP contribution in [0.15, 0.2) is 4.99 Å². The molecule has 2 saturated carbocycles. The molecule has 2 unspecified atom stereocenters. The summed E-state index contributed by atoms with van der Waals surface area (Å²) in [5.41, 5.74) is 0. The van der Waals surface area contributed by atoms with E-state index in [-0.39, 0.29) is 0 Å². The first-order valence-electron chi connectivity index (χ1n) is 6.58. The minimum absolute atomic E-state index is 0.417. The summed E-state index contributed by atoms with van der Waals surface area (Å²) in [6.07, 6.45) is 10.7. The third kappa shape index (κ3) is 2.31. The van der Waals surface area contributed by atoms with Crippen LogP contribution in [-0.4, -0.2) is 23.4 Å². The van der Waals surface area contributed by atoms with E-state index in [9.17, 15) is 0 Å². The van der Waals surface area contributed by atoms with Crippen molar-refractivity contribution in [2.75, 3.05) is 0 Å². The second-order valence-corrected chi connectivity index (χ2v) is 6.12. The number of rotatable bonds is 1. The van der Waals surface area contributed by atoms with Crippen molar-refractivity contribution in [2.45, 2.75) is 68.8 Å². The molecule has 0 amide bonds. The lowest BCUT2D eigenvalue weighted by molar-refractivity contribution is 0.137. The summed E-state index contributed by atoms with van der Waals surface area (Å²) >= 11 is 1.83. The minimum Gasteiger partial charge on any atom is -0.460 e. The van der Waals surface area contributed by atoms with Gasteiger partial charge in [-0.25, -0.2) is 4.99 Å². The molecule has 0 aromatic carbocycles. The normalized spacial score (nSPS) is 37.9. The molecule has 4 heteroatoms. The smallest absolute Gasteiger partial charge is 0.295 e. The van der Waals surface area contributed by atoms with Gasteiger partial charge in [0.1, 0.15) is 6.10 Å². The Morgan fingerprint density at radius 1 is 1.06 bits per heavy atom. The fourth-order valence-electron chi connectivity index (χ4n) is 2.88. The molecule has 1 aliphatic heterocycles. The van der Waals surface area contributed by atoms with Gasteiger partial charge in [0.05, 0.1) is 11.3 Å². The third-order valence-electron chi connectivity index (χ3n) is 3.83. The van der Waals surface area contributed by atoms with E-state index in [1.807, 2.05) is 11.9 Å². The zero-order chi connectivity index (χ0) is 10.8.